The second-order valence-electron chi connectivity index (χ2n) is 4.19. The standard InChI is InChI=1S/C14H17NO5/c1-3-15(4-2)14(12(17)18,13(19)20)11(16)10-8-6-5-7-9-10/h5-9H,3-4H2,1-2H3,(H,17,18)(H,19,20). The first-order valence-corrected chi connectivity index (χ1v) is 6.24. The Morgan fingerprint density at radius 2 is 1.45 bits per heavy atom. The van der Waals surface area contributed by atoms with Crippen LogP contribution in [0.25, 0.3) is 0 Å². The number of likely N-dealkylation sites (N-methyl/N-ethyl adjacent to an activating group) is 1. The molecule has 0 radical (unpaired) electrons. The number of rotatable bonds is 7. The predicted molar refractivity (Wildman–Crippen MR) is 71.7 cm³/mol. The highest BCUT2D eigenvalue weighted by Crippen LogP contribution is 2.23. The van der Waals surface area contributed by atoms with Crippen LogP contribution in [0.15, 0.2) is 30.3 Å². The highest BCUT2D eigenvalue weighted by atomic mass is 16.4. The minimum Gasteiger partial charge on any atom is -0.479 e. The smallest absolute Gasteiger partial charge is 0.344 e. The van der Waals surface area contributed by atoms with Crippen molar-refractivity contribution in [3.63, 3.8) is 0 Å². The molecule has 1 aromatic carbocycles. The largest absolute Gasteiger partial charge is 0.479 e. The van der Waals surface area contributed by atoms with Gasteiger partial charge < -0.3 is 10.2 Å². The van der Waals surface area contributed by atoms with Crippen molar-refractivity contribution in [2.75, 3.05) is 13.1 Å². The Morgan fingerprint density at radius 3 is 1.80 bits per heavy atom. The first-order chi connectivity index (χ1) is 9.42. The minimum absolute atomic E-state index is 0.0594. The van der Waals surface area contributed by atoms with Gasteiger partial charge in [-0.3, -0.25) is 9.69 Å². The Balaban J connectivity index is 3.48. The SMILES string of the molecule is CCN(CC)C(C(=O)O)(C(=O)O)C(=O)c1ccccc1. The molecule has 0 atom stereocenters. The molecule has 0 saturated carbocycles. The Kier molecular flexibility index (Phi) is 4.99. The Morgan fingerprint density at radius 1 is 1.00 bits per heavy atom. The molecule has 1 aromatic rings. The van der Waals surface area contributed by atoms with Gasteiger partial charge in [-0.1, -0.05) is 44.2 Å². The van der Waals surface area contributed by atoms with Crippen molar-refractivity contribution in [2.24, 2.45) is 0 Å². The van der Waals surface area contributed by atoms with E-state index in [2.05, 4.69) is 0 Å². The number of nitrogens with zero attached hydrogens (tertiary/aromatic N) is 1. The maximum Gasteiger partial charge on any atom is 0.344 e. The molecule has 108 valence electrons. The number of carboxylic acid groups (broad SMARTS) is 2. The predicted octanol–water partition coefficient (Wildman–Crippen LogP) is 1.12. The van der Waals surface area contributed by atoms with Gasteiger partial charge >= 0.3 is 11.9 Å². The maximum absolute atomic E-state index is 12.5. The van der Waals surface area contributed by atoms with Crippen molar-refractivity contribution in [3.05, 3.63) is 35.9 Å². The van der Waals surface area contributed by atoms with Crippen molar-refractivity contribution >= 4 is 17.7 Å². The zero-order chi connectivity index (χ0) is 15.3. The Bertz CT molecular complexity index is 494. The van der Waals surface area contributed by atoms with Gasteiger partial charge in [0.2, 0.25) is 5.78 Å². The molecule has 0 bridgehead atoms. The van der Waals surface area contributed by atoms with Crippen LogP contribution in [0.2, 0.25) is 0 Å². The van der Waals surface area contributed by atoms with Gasteiger partial charge in [-0.15, -0.1) is 0 Å². The Hall–Kier alpha value is -2.21. The number of carbonyl (C=O) groups is 3. The third kappa shape index (κ3) is 2.42. The summed E-state index contributed by atoms with van der Waals surface area (Å²) < 4.78 is 0. The second-order valence-corrected chi connectivity index (χ2v) is 4.19. The average molecular weight is 279 g/mol. The molecular weight excluding hydrogens is 262 g/mol. The van der Waals surface area contributed by atoms with Gasteiger partial charge in [-0.05, 0) is 13.1 Å². The number of hydrogen-bond acceptors (Lipinski definition) is 4. The highest BCUT2D eigenvalue weighted by molar-refractivity contribution is 6.29. The summed E-state index contributed by atoms with van der Waals surface area (Å²) in [6, 6.07) is 7.60. The van der Waals surface area contributed by atoms with Crippen LogP contribution in [0.4, 0.5) is 0 Å². The number of Topliss-reactive ketones (excluding diaryl/α,β-unsaturated/α-hetero) is 1. The van der Waals surface area contributed by atoms with Gasteiger partial charge in [-0.2, -0.15) is 0 Å². The summed E-state index contributed by atoms with van der Waals surface area (Å²) in [6.45, 7) is 3.49. The van der Waals surface area contributed by atoms with E-state index in [1.807, 2.05) is 0 Å². The summed E-state index contributed by atoms with van der Waals surface area (Å²) >= 11 is 0. The molecule has 2 N–H and O–H groups in total. The van der Waals surface area contributed by atoms with Gasteiger partial charge in [-0.25, -0.2) is 9.59 Å². The summed E-state index contributed by atoms with van der Waals surface area (Å²) in [4.78, 5) is 36.8. The van der Waals surface area contributed by atoms with Crippen LogP contribution >= 0.6 is 0 Å². The molecule has 20 heavy (non-hydrogen) atoms. The molecule has 6 heteroatoms. The average Bonchev–Trinajstić information content (AvgIpc) is 2.44. The first-order valence-electron chi connectivity index (χ1n) is 6.24. The Labute approximate surface area is 116 Å². The van der Waals surface area contributed by atoms with Crippen molar-refractivity contribution in [3.8, 4) is 0 Å². The second kappa shape index (κ2) is 6.29. The minimum atomic E-state index is -2.59. The van der Waals surface area contributed by atoms with E-state index in [-0.39, 0.29) is 18.7 Å². The maximum atomic E-state index is 12.5. The lowest BCUT2D eigenvalue weighted by atomic mass is 9.87. The van der Waals surface area contributed by atoms with E-state index >= 15 is 0 Å². The van der Waals surface area contributed by atoms with Gasteiger partial charge in [0.15, 0.2) is 0 Å². The number of carbonyl (C=O) groups excluding carboxylic acids is 1. The van der Waals surface area contributed by atoms with E-state index in [0.717, 1.165) is 4.90 Å². The molecule has 0 heterocycles. The molecule has 0 spiro atoms. The summed E-state index contributed by atoms with van der Waals surface area (Å²) in [5, 5.41) is 18.8. The molecule has 0 aliphatic heterocycles. The lowest BCUT2D eigenvalue weighted by molar-refractivity contribution is -0.162. The van der Waals surface area contributed by atoms with Crippen LogP contribution in [-0.2, 0) is 9.59 Å². The summed E-state index contributed by atoms with van der Waals surface area (Å²) in [6.07, 6.45) is 0. The lowest BCUT2D eigenvalue weighted by Gasteiger charge is -2.34. The van der Waals surface area contributed by atoms with E-state index in [4.69, 9.17) is 0 Å². The van der Waals surface area contributed by atoms with Gasteiger partial charge in [0.05, 0.1) is 0 Å². The highest BCUT2D eigenvalue weighted by Gasteiger charge is 2.57. The van der Waals surface area contributed by atoms with Gasteiger partial charge in [0.1, 0.15) is 0 Å². The van der Waals surface area contributed by atoms with Crippen molar-refractivity contribution < 1.29 is 24.6 Å². The zero-order valence-corrected chi connectivity index (χ0v) is 11.4. The monoisotopic (exact) mass is 279 g/mol. The quantitative estimate of drug-likeness (QED) is 0.573. The van der Waals surface area contributed by atoms with E-state index in [0.29, 0.717) is 0 Å². The molecule has 0 aliphatic carbocycles. The van der Waals surface area contributed by atoms with E-state index in [1.54, 1.807) is 32.0 Å². The van der Waals surface area contributed by atoms with Crippen LogP contribution in [0.3, 0.4) is 0 Å². The van der Waals surface area contributed by atoms with Crippen LogP contribution in [0, 0.1) is 0 Å². The van der Waals surface area contributed by atoms with Crippen LogP contribution in [-0.4, -0.2) is 51.5 Å². The third-order valence-corrected chi connectivity index (χ3v) is 3.22. The fourth-order valence-electron chi connectivity index (χ4n) is 2.20. The molecule has 0 amide bonds. The van der Waals surface area contributed by atoms with Crippen LogP contribution in [0.1, 0.15) is 24.2 Å². The first kappa shape index (κ1) is 15.8. The molecule has 0 aliphatic rings. The van der Waals surface area contributed by atoms with Crippen LogP contribution < -0.4 is 0 Å². The topological polar surface area (TPSA) is 94.9 Å². The fourth-order valence-corrected chi connectivity index (χ4v) is 2.20. The zero-order valence-electron chi connectivity index (χ0n) is 11.4. The molecule has 1 rings (SSSR count). The van der Waals surface area contributed by atoms with E-state index in [9.17, 15) is 24.6 Å². The molecule has 0 fully saturated rings. The molecular formula is C14H17NO5. The van der Waals surface area contributed by atoms with E-state index in [1.165, 1.54) is 12.1 Å². The van der Waals surface area contributed by atoms with Crippen molar-refractivity contribution in [2.45, 2.75) is 19.4 Å². The molecule has 0 saturated heterocycles. The molecule has 6 nitrogen and oxygen atoms in total. The van der Waals surface area contributed by atoms with Crippen molar-refractivity contribution in [1.82, 2.24) is 4.90 Å². The molecule has 0 unspecified atom stereocenters. The number of aliphatic carboxylic acids is 2. The summed E-state index contributed by atoms with van der Waals surface area (Å²) in [5.41, 5.74) is -2.53. The molecule has 0 aromatic heterocycles. The number of benzene rings is 1. The van der Waals surface area contributed by atoms with Gasteiger partial charge in [0.25, 0.3) is 5.54 Å². The number of carboxylic acids is 2. The number of hydrogen-bond donors (Lipinski definition) is 2. The summed E-state index contributed by atoms with van der Waals surface area (Å²) in [7, 11) is 0. The van der Waals surface area contributed by atoms with Crippen LogP contribution in [0.5, 0.6) is 0 Å². The lowest BCUT2D eigenvalue weighted by Crippen LogP contribution is -2.65. The van der Waals surface area contributed by atoms with E-state index < -0.39 is 23.3 Å². The van der Waals surface area contributed by atoms with Gasteiger partial charge in [0, 0.05) is 5.56 Å². The summed E-state index contributed by atoms with van der Waals surface area (Å²) in [5.74, 6) is -4.30. The fraction of sp³-hybridized carbons (Fsp3) is 0.357. The van der Waals surface area contributed by atoms with Crippen molar-refractivity contribution in [1.29, 1.82) is 0 Å². The normalized spacial score (nSPS) is 11.3. The third-order valence-electron chi connectivity index (χ3n) is 3.22. The number of ketones is 1.